The number of anilines is 1. The monoisotopic (exact) mass is 397 g/mol. The lowest BCUT2D eigenvalue weighted by molar-refractivity contribution is 0.102. The fraction of sp³-hybridized carbons (Fsp3) is 0.158. The highest BCUT2D eigenvalue weighted by Gasteiger charge is 2.19. The van der Waals surface area contributed by atoms with Crippen molar-refractivity contribution >= 4 is 45.7 Å². The Kier molecular flexibility index (Phi) is 4.63. The Morgan fingerprint density at radius 1 is 1.26 bits per heavy atom. The zero-order valence-corrected chi connectivity index (χ0v) is 16.3. The van der Waals surface area contributed by atoms with Gasteiger partial charge in [0.1, 0.15) is 5.82 Å². The number of carbonyl (C=O) groups is 1. The molecular weight excluding hydrogens is 382 g/mol. The first kappa shape index (κ1) is 17.6. The van der Waals surface area contributed by atoms with Gasteiger partial charge in [0.05, 0.1) is 32.7 Å². The van der Waals surface area contributed by atoms with E-state index in [1.807, 2.05) is 36.0 Å². The maximum absolute atomic E-state index is 13.0. The summed E-state index contributed by atoms with van der Waals surface area (Å²) in [5.41, 5.74) is 1.94. The highest BCUT2D eigenvalue weighted by Crippen LogP contribution is 2.29. The molecule has 0 aliphatic heterocycles. The minimum absolute atomic E-state index is 0.127. The van der Waals surface area contributed by atoms with Gasteiger partial charge in [-0.25, -0.2) is 14.6 Å². The predicted molar refractivity (Wildman–Crippen MR) is 108 cm³/mol. The van der Waals surface area contributed by atoms with Gasteiger partial charge >= 0.3 is 0 Å². The highest BCUT2D eigenvalue weighted by molar-refractivity contribution is 7.13. The standard InChI is InChI=1S/C19H16ClN5OS/c1-11(2)25-18-14(10-22-25)13(8-15(23-18)16-4-3-7-27-16)19(26)24-17-6-5-12(20)9-21-17/h3-11H,1-2H3,(H,21,24,26). The molecule has 4 aromatic rings. The van der Waals surface area contributed by atoms with Gasteiger partial charge in [0, 0.05) is 12.2 Å². The Morgan fingerprint density at radius 2 is 2.11 bits per heavy atom. The van der Waals surface area contributed by atoms with Crippen LogP contribution in [-0.2, 0) is 0 Å². The number of nitrogens with zero attached hydrogens (tertiary/aromatic N) is 4. The first-order chi connectivity index (χ1) is 13.0. The van der Waals surface area contributed by atoms with E-state index in [0.29, 0.717) is 27.4 Å². The van der Waals surface area contributed by atoms with Crippen LogP contribution in [0.3, 0.4) is 0 Å². The quantitative estimate of drug-likeness (QED) is 0.523. The van der Waals surface area contributed by atoms with Crippen molar-refractivity contribution in [3.05, 3.63) is 58.7 Å². The number of hydrogen-bond donors (Lipinski definition) is 1. The molecule has 4 heterocycles. The Morgan fingerprint density at radius 3 is 2.78 bits per heavy atom. The molecule has 0 unspecified atom stereocenters. The van der Waals surface area contributed by atoms with Gasteiger partial charge in [0.15, 0.2) is 5.65 Å². The largest absolute Gasteiger partial charge is 0.307 e. The van der Waals surface area contributed by atoms with E-state index >= 15 is 0 Å². The summed E-state index contributed by atoms with van der Waals surface area (Å²) in [5.74, 6) is 0.168. The number of amides is 1. The Balaban J connectivity index is 1.82. The summed E-state index contributed by atoms with van der Waals surface area (Å²) in [4.78, 5) is 22.9. The first-order valence-electron chi connectivity index (χ1n) is 8.38. The summed E-state index contributed by atoms with van der Waals surface area (Å²) in [6.45, 7) is 4.06. The Bertz CT molecular complexity index is 1100. The second kappa shape index (κ2) is 7.09. The number of fused-ring (bicyclic) bond motifs is 1. The van der Waals surface area contributed by atoms with Gasteiger partial charge < -0.3 is 5.32 Å². The van der Waals surface area contributed by atoms with Gasteiger partial charge in [-0.2, -0.15) is 5.10 Å². The smallest absolute Gasteiger partial charge is 0.257 e. The van der Waals surface area contributed by atoms with Crippen LogP contribution >= 0.6 is 22.9 Å². The van der Waals surface area contributed by atoms with Crippen LogP contribution in [0.4, 0.5) is 5.82 Å². The summed E-state index contributed by atoms with van der Waals surface area (Å²) in [6, 6.07) is 9.21. The lowest BCUT2D eigenvalue weighted by Crippen LogP contribution is -2.14. The third kappa shape index (κ3) is 3.43. The number of carbonyl (C=O) groups excluding carboxylic acids is 1. The van der Waals surface area contributed by atoms with Gasteiger partial charge in [-0.1, -0.05) is 17.7 Å². The minimum Gasteiger partial charge on any atom is -0.307 e. The first-order valence-corrected chi connectivity index (χ1v) is 9.64. The van der Waals surface area contributed by atoms with Crippen molar-refractivity contribution < 1.29 is 4.79 Å². The van der Waals surface area contributed by atoms with Gasteiger partial charge in [0.2, 0.25) is 0 Å². The fourth-order valence-corrected chi connectivity index (χ4v) is 3.57. The van der Waals surface area contributed by atoms with Gasteiger partial charge in [0.25, 0.3) is 5.91 Å². The summed E-state index contributed by atoms with van der Waals surface area (Å²) in [5, 5.41) is 10.4. The van der Waals surface area contributed by atoms with Crippen molar-refractivity contribution in [3.8, 4) is 10.6 Å². The fourth-order valence-electron chi connectivity index (χ4n) is 2.77. The van der Waals surface area contributed by atoms with Crippen molar-refractivity contribution in [1.29, 1.82) is 0 Å². The Hall–Kier alpha value is -2.77. The number of nitrogens with one attached hydrogen (secondary N) is 1. The lowest BCUT2D eigenvalue weighted by Gasteiger charge is -2.10. The molecule has 0 aliphatic rings. The van der Waals surface area contributed by atoms with Crippen LogP contribution in [0.25, 0.3) is 21.6 Å². The van der Waals surface area contributed by atoms with Crippen LogP contribution in [0.2, 0.25) is 5.02 Å². The average molecular weight is 398 g/mol. The minimum atomic E-state index is -0.265. The number of halogens is 1. The van der Waals surface area contributed by atoms with Crippen LogP contribution in [-0.4, -0.2) is 25.7 Å². The van der Waals surface area contributed by atoms with E-state index in [-0.39, 0.29) is 11.9 Å². The van der Waals surface area contributed by atoms with Crippen molar-refractivity contribution in [3.63, 3.8) is 0 Å². The van der Waals surface area contributed by atoms with E-state index in [1.54, 1.807) is 35.7 Å². The molecule has 4 aromatic heterocycles. The maximum atomic E-state index is 13.0. The molecule has 0 aliphatic carbocycles. The zero-order valence-electron chi connectivity index (χ0n) is 14.7. The number of rotatable bonds is 4. The van der Waals surface area contributed by atoms with Crippen LogP contribution in [0.1, 0.15) is 30.2 Å². The van der Waals surface area contributed by atoms with E-state index in [4.69, 9.17) is 16.6 Å². The van der Waals surface area contributed by atoms with Crippen LogP contribution in [0.5, 0.6) is 0 Å². The van der Waals surface area contributed by atoms with Crippen molar-refractivity contribution in [2.24, 2.45) is 0 Å². The van der Waals surface area contributed by atoms with Crippen LogP contribution in [0.15, 0.2) is 48.1 Å². The van der Waals surface area contributed by atoms with E-state index in [0.717, 1.165) is 10.6 Å². The second-order valence-corrected chi connectivity index (χ2v) is 7.65. The predicted octanol–water partition coefficient (Wildman–Crippen LogP) is 5.04. The van der Waals surface area contributed by atoms with Gasteiger partial charge in [-0.3, -0.25) is 4.79 Å². The molecule has 0 saturated heterocycles. The molecular formula is C19H16ClN5OS. The summed E-state index contributed by atoms with van der Waals surface area (Å²) in [7, 11) is 0. The molecule has 0 aromatic carbocycles. The molecule has 6 nitrogen and oxygen atoms in total. The summed E-state index contributed by atoms with van der Waals surface area (Å²) >= 11 is 7.44. The van der Waals surface area contributed by atoms with E-state index < -0.39 is 0 Å². The number of pyridine rings is 2. The molecule has 136 valence electrons. The van der Waals surface area contributed by atoms with Crippen molar-refractivity contribution in [2.75, 3.05) is 5.32 Å². The van der Waals surface area contributed by atoms with E-state index in [1.165, 1.54) is 6.20 Å². The summed E-state index contributed by atoms with van der Waals surface area (Å²) < 4.78 is 1.82. The number of aromatic nitrogens is 4. The van der Waals surface area contributed by atoms with Crippen LogP contribution < -0.4 is 5.32 Å². The maximum Gasteiger partial charge on any atom is 0.257 e. The molecule has 0 saturated carbocycles. The molecule has 8 heteroatoms. The molecule has 1 N–H and O–H groups in total. The summed E-state index contributed by atoms with van der Waals surface area (Å²) in [6.07, 6.45) is 3.18. The van der Waals surface area contributed by atoms with E-state index in [9.17, 15) is 4.79 Å². The number of hydrogen-bond acceptors (Lipinski definition) is 5. The van der Waals surface area contributed by atoms with Crippen molar-refractivity contribution in [1.82, 2.24) is 19.7 Å². The third-order valence-corrected chi connectivity index (χ3v) is 5.16. The lowest BCUT2D eigenvalue weighted by atomic mass is 10.1. The van der Waals surface area contributed by atoms with Gasteiger partial charge in [-0.15, -0.1) is 11.3 Å². The SMILES string of the molecule is CC(C)n1ncc2c(C(=O)Nc3ccc(Cl)cn3)cc(-c3cccs3)nc21. The Labute approximate surface area is 164 Å². The van der Waals surface area contributed by atoms with Gasteiger partial charge in [-0.05, 0) is 43.5 Å². The molecule has 0 atom stereocenters. The van der Waals surface area contributed by atoms with Crippen molar-refractivity contribution in [2.45, 2.75) is 19.9 Å². The highest BCUT2D eigenvalue weighted by atomic mass is 35.5. The zero-order chi connectivity index (χ0) is 19.0. The normalized spacial score (nSPS) is 11.3. The molecule has 1 amide bonds. The average Bonchev–Trinajstić information content (AvgIpc) is 3.32. The molecule has 0 spiro atoms. The topological polar surface area (TPSA) is 72.7 Å². The molecule has 0 radical (unpaired) electrons. The molecule has 0 fully saturated rings. The second-order valence-electron chi connectivity index (χ2n) is 6.27. The number of thiophene rings is 1. The third-order valence-electron chi connectivity index (χ3n) is 4.04. The van der Waals surface area contributed by atoms with E-state index in [2.05, 4.69) is 15.4 Å². The molecule has 27 heavy (non-hydrogen) atoms. The molecule has 0 bridgehead atoms. The van der Waals surface area contributed by atoms with Crippen LogP contribution in [0, 0.1) is 0 Å². The molecule has 4 rings (SSSR count).